The van der Waals surface area contributed by atoms with Crippen molar-refractivity contribution in [2.24, 2.45) is 5.10 Å². The Morgan fingerprint density at radius 2 is 1.78 bits per heavy atom. The second-order valence-electron chi connectivity index (χ2n) is 8.01. The number of aryl methyl sites for hydroxylation is 2. The number of carbonyl (C=O) groups excluding carboxylic acids is 2. The largest absolute Gasteiger partial charge is 0.490 e. The number of hydrogen-bond donors (Lipinski definition) is 2. The van der Waals surface area contributed by atoms with Crippen LogP contribution >= 0.6 is 0 Å². The van der Waals surface area contributed by atoms with Gasteiger partial charge >= 0.3 is 0 Å². The lowest BCUT2D eigenvalue weighted by molar-refractivity contribution is -0.126. The molecule has 2 amide bonds. The molecule has 0 aliphatic rings. The molecule has 0 saturated carbocycles. The van der Waals surface area contributed by atoms with E-state index in [2.05, 4.69) is 21.9 Å². The Bertz CT molecular complexity index is 1310. The third kappa shape index (κ3) is 7.43. The van der Waals surface area contributed by atoms with Crippen LogP contribution in [0.15, 0.2) is 65.8 Å². The fourth-order valence-electron chi connectivity index (χ4n) is 3.29. The summed E-state index contributed by atoms with van der Waals surface area (Å²) in [6.07, 6.45) is 1.10. The third-order valence-corrected chi connectivity index (χ3v) is 5.30. The smallest absolute Gasteiger partial charge is 0.249 e. The van der Waals surface area contributed by atoms with Crippen LogP contribution in [-0.2, 0) is 16.2 Å². The van der Waals surface area contributed by atoms with E-state index >= 15 is 0 Å². The predicted octanol–water partition coefficient (Wildman–Crippen LogP) is 4.63. The molecule has 184 valence electrons. The zero-order valence-electron chi connectivity index (χ0n) is 20.5. The lowest BCUT2D eigenvalue weighted by atomic mass is 10.1. The number of rotatable bonds is 10. The van der Waals surface area contributed by atoms with Crippen molar-refractivity contribution in [2.45, 2.75) is 33.8 Å². The zero-order valence-corrected chi connectivity index (χ0v) is 20.5. The van der Waals surface area contributed by atoms with Gasteiger partial charge in [-0.2, -0.15) is 10.4 Å². The van der Waals surface area contributed by atoms with Crippen LogP contribution in [0.25, 0.3) is 0 Å². The molecule has 0 aliphatic heterocycles. The summed E-state index contributed by atoms with van der Waals surface area (Å²) >= 11 is 0. The van der Waals surface area contributed by atoms with Crippen molar-refractivity contribution in [1.29, 1.82) is 5.26 Å². The number of amides is 2. The summed E-state index contributed by atoms with van der Waals surface area (Å²) in [4.78, 5) is 24.2. The first-order chi connectivity index (χ1) is 17.4. The van der Waals surface area contributed by atoms with Crippen molar-refractivity contribution in [2.75, 3.05) is 11.9 Å². The van der Waals surface area contributed by atoms with Crippen molar-refractivity contribution in [3.05, 3.63) is 88.5 Å². The highest BCUT2D eigenvalue weighted by atomic mass is 16.5. The highest BCUT2D eigenvalue weighted by molar-refractivity contribution is 6.03. The summed E-state index contributed by atoms with van der Waals surface area (Å²) in [6, 6.07) is 20.2. The van der Waals surface area contributed by atoms with E-state index in [9.17, 15) is 14.9 Å². The lowest BCUT2D eigenvalue weighted by Gasteiger charge is -2.13. The van der Waals surface area contributed by atoms with Crippen LogP contribution < -0.4 is 20.2 Å². The van der Waals surface area contributed by atoms with E-state index in [1.165, 1.54) is 6.21 Å². The Morgan fingerprint density at radius 3 is 2.53 bits per heavy atom. The molecule has 0 radical (unpaired) electrons. The average molecular weight is 485 g/mol. The number of nitrogens with zero attached hydrogens (tertiary/aromatic N) is 2. The van der Waals surface area contributed by atoms with Crippen LogP contribution in [0.3, 0.4) is 0 Å². The first-order valence-corrected chi connectivity index (χ1v) is 11.5. The van der Waals surface area contributed by atoms with E-state index < -0.39 is 11.8 Å². The molecule has 0 aliphatic carbocycles. The fraction of sp³-hybridized carbons (Fsp3) is 0.214. The lowest BCUT2D eigenvalue weighted by Crippen LogP contribution is -2.24. The first kappa shape index (κ1) is 26.0. The Labute approximate surface area is 210 Å². The highest BCUT2D eigenvalue weighted by Crippen LogP contribution is 2.29. The highest BCUT2D eigenvalue weighted by Gasteiger charge is 2.11. The van der Waals surface area contributed by atoms with Gasteiger partial charge in [-0.25, -0.2) is 5.43 Å². The van der Waals surface area contributed by atoms with E-state index in [0.29, 0.717) is 34.9 Å². The van der Waals surface area contributed by atoms with Gasteiger partial charge in [-0.3, -0.25) is 9.59 Å². The maximum atomic E-state index is 12.1. The van der Waals surface area contributed by atoms with E-state index in [1.807, 2.05) is 45.0 Å². The van der Waals surface area contributed by atoms with Gasteiger partial charge in [0.25, 0.3) is 0 Å². The van der Waals surface area contributed by atoms with E-state index in [0.717, 1.165) is 16.7 Å². The van der Waals surface area contributed by atoms with Gasteiger partial charge in [-0.05, 0) is 73.9 Å². The van der Waals surface area contributed by atoms with Gasteiger partial charge in [0.05, 0.1) is 24.5 Å². The number of carbonyl (C=O) groups is 2. The molecule has 3 aromatic rings. The number of hydrazone groups is 1. The Morgan fingerprint density at radius 1 is 0.972 bits per heavy atom. The van der Waals surface area contributed by atoms with Crippen molar-refractivity contribution in [3.8, 4) is 17.6 Å². The summed E-state index contributed by atoms with van der Waals surface area (Å²) in [5.41, 5.74) is 7.17. The number of benzene rings is 3. The molecule has 36 heavy (non-hydrogen) atoms. The second-order valence-corrected chi connectivity index (χ2v) is 8.01. The topological polar surface area (TPSA) is 113 Å². The molecule has 3 aromatic carbocycles. The Hall–Kier alpha value is -4.64. The number of ether oxygens (including phenoxy) is 2. The van der Waals surface area contributed by atoms with Crippen molar-refractivity contribution in [3.63, 3.8) is 0 Å². The maximum absolute atomic E-state index is 12.1. The molecular formula is C28H28N4O4. The molecule has 2 N–H and O–H groups in total. The number of nitriles is 1. The van der Waals surface area contributed by atoms with Crippen LogP contribution in [0, 0.1) is 25.2 Å². The molecule has 0 saturated heterocycles. The van der Waals surface area contributed by atoms with Crippen LogP contribution in [0.2, 0.25) is 0 Å². The zero-order chi connectivity index (χ0) is 25.9. The third-order valence-electron chi connectivity index (χ3n) is 5.30. The molecule has 0 spiro atoms. The van der Waals surface area contributed by atoms with Crippen molar-refractivity contribution < 1.29 is 19.1 Å². The van der Waals surface area contributed by atoms with E-state index in [4.69, 9.17) is 9.47 Å². The molecule has 3 rings (SSSR count). The molecule has 0 bridgehead atoms. The standard InChI is InChI=1S/C28H28N4O4/c1-4-35-26-14-21(10-12-25(26)36-18-23-8-6-5-7-22(23)16-29)17-30-32-28(34)15-27(33)31-24-11-9-19(2)20(3)13-24/h5-14,17H,4,15,18H2,1-3H3,(H,31,33)(H,32,34). The monoisotopic (exact) mass is 484 g/mol. The van der Waals surface area contributed by atoms with Gasteiger partial charge in [0.15, 0.2) is 11.5 Å². The molecule has 8 nitrogen and oxygen atoms in total. The molecular weight excluding hydrogens is 456 g/mol. The summed E-state index contributed by atoms with van der Waals surface area (Å²) < 4.78 is 11.6. The molecule has 0 aromatic heterocycles. The minimum atomic E-state index is -0.534. The molecule has 0 heterocycles. The van der Waals surface area contributed by atoms with Gasteiger partial charge in [0, 0.05) is 11.3 Å². The minimum Gasteiger partial charge on any atom is -0.490 e. The summed E-state index contributed by atoms with van der Waals surface area (Å²) in [7, 11) is 0. The molecule has 0 unspecified atom stereocenters. The minimum absolute atomic E-state index is 0.220. The first-order valence-electron chi connectivity index (χ1n) is 11.5. The van der Waals surface area contributed by atoms with E-state index in [-0.39, 0.29) is 13.0 Å². The van der Waals surface area contributed by atoms with Crippen LogP contribution in [0.1, 0.15) is 41.2 Å². The maximum Gasteiger partial charge on any atom is 0.249 e. The van der Waals surface area contributed by atoms with Crippen LogP contribution in [0.5, 0.6) is 11.5 Å². The van der Waals surface area contributed by atoms with Crippen LogP contribution in [-0.4, -0.2) is 24.6 Å². The Kier molecular flexibility index (Phi) is 9.18. The molecule has 8 heteroatoms. The van der Waals surface area contributed by atoms with Gasteiger partial charge in [-0.15, -0.1) is 0 Å². The predicted molar refractivity (Wildman–Crippen MR) is 138 cm³/mol. The number of hydrogen-bond acceptors (Lipinski definition) is 6. The SMILES string of the molecule is CCOc1cc(C=NNC(=O)CC(=O)Nc2ccc(C)c(C)c2)ccc1OCc1ccccc1C#N. The second kappa shape index (κ2) is 12.7. The average Bonchev–Trinajstić information content (AvgIpc) is 2.86. The van der Waals surface area contributed by atoms with Gasteiger partial charge in [0.2, 0.25) is 11.8 Å². The van der Waals surface area contributed by atoms with Gasteiger partial charge < -0.3 is 14.8 Å². The summed E-state index contributed by atoms with van der Waals surface area (Å²) in [6.45, 7) is 6.45. The molecule has 0 fully saturated rings. The van der Waals surface area contributed by atoms with Crippen LogP contribution in [0.4, 0.5) is 5.69 Å². The quantitative estimate of drug-likeness (QED) is 0.247. The van der Waals surface area contributed by atoms with E-state index in [1.54, 1.807) is 36.4 Å². The summed E-state index contributed by atoms with van der Waals surface area (Å²) in [5, 5.41) is 15.9. The number of nitrogens with one attached hydrogen (secondary N) is 2. The van der Waals surface area contributed by atoms with Gasteiger partial charge in [0.1, 0.15) is 13.0 Å². The number of anilines is 1. The molecule has 0 atom stereocenters. The van der Waals surface area contributed by atoms with Crippen molar-refractivity contribution in [1.82, 2.24) is 5.43 Å². The van der Waals surface area contributed by atoms with Gasteiger partial charge in [-0.1, -0.05) is 24.3 Å². The Balaban J connectivity index is 1.56. The fourth-order valence-corrected chi connectivity index (χ4v) is 3.29. The normalized spacial score (nSPS) is 10.5. The summed E-state index contributed by atoms with van der Waals surface area (Å²) in [5.74, 6) is 0.0709. The van der Waals surface area contributed by atoms with Crippen molar-refractivity contribution >= 4 is 23.7 Å².